The monoisotopic (exact) mass is 525 g/mol. The van der Waals surface area contributed by atoms with Crippen molar-refractivity contribution in [3.8, 4) is 5.75 Å². The van der Waals surface area contributed by atoms with Crippen molar-refractivity contribution in [2.45, 2.75) is 43.6 Å². The summed E-state index contributed by atoms with van der Waals surface area (Å²) >= 11 is 0. The van der Waals surface area contributed by atoms with Crippen molar-refractivity contribution in [2.75, 3.05) is 40.0 Å². The van der Waals surface area contributed by atoms with Crippen LogP contribution in [-0.4, -0.2) is 85.3 Å². The summed E-state index contributed by atoms with van der Waals surface area (Å²) in [5, 5.41) is 2.94. The van der Waals surface area contributed by atoms with Crippen LogP contribution in [0.2, 0.25) is 0 Å². The number of hydrogen-bond donors (Lipinski definition) is 1. The molecule has 3 saturated heterocycles. The lowest BCUT2D eigenvalue weighted by Crippen LogP contribution is -2.60. The summed E-state index contributed by atoms with van der Waals surface area (Å²) in [5.41, 5.74) is -0.257. The molecule has 0 unspecified atom stereocenters. The Labute approximate surface area is 220 Å². The molecule has 0 aliphatic carbocycles. The predicted molar refractivity (Wildman–Crippen MR) is 135 cm³/mol. The van der Waals surface area contributed by atoms with Gasteiger partial charge in [-0.2, -0.15) is 0 Å². The van der Waals surface area contributed by atoms with Crippen molar-refractivity contribution in [1.29, 1.82) is 0 Å². The van der Waals surface area contributed by atoms with E-state index in [-0.39, 0.29) is 30.4 Å². The molecule has 3 fully saturated rings. The van der Waals surface area contributed by atoms with Gasteiger partial charge in [-0.1, -0.05) is 6.07 Å². The normalized spacial score (nSPS) is 22.5. The number of halogens is 1. The maximum Gasteiger partial charge on any atom is 0.257 e. The largest absolute Gasteiger partial charge is 0.497 e. The van der Waals surface area contributed by atoms with Gasteiger partial charge in [-0.3, -0.25) is 19.3 Å². The van der Waals surface area contributed by atoms with E-state index in [1.54, 1.807) is 34.1 Å². The quantitative estimate of drug-likeness (QED) is 0.623. The number of hydrogen-bond acceptors (Lipinski definition) is 6. The summed E-state index contributed by atoms with van der Waals surface area (Å²) in [4.78, 5) is 43.4. The maximum absolute atomic E-state index is 13.9. The second kappa shape index (κ2) is 11.1. The summed E-state index contributed by atoms with van der Waals surface area (Å²) < 4.78 is 30.5. The third-order valence-corrected chi connectivity index (χ3v) is 7.55. The minimum Gasteiger partial charge on any atom is -0.497 e. The van der Waals surface area contributed by atoms with Crippen molar-refractivity contribution < 1.29 is 33.0 Å². The smallest absolute Gasteiger partial charge is 0.257 e. The van der Waals surface area contributed by atoms with Gasteiger partial charge in [0, 0.05) is 50.2 Å². The Morgan fingerprint density at radius 3 is 2.53 bits per heavy atom. The summed E-state index contributed by atoms with van der Waals surface area (Å²) in [7, 11) is 1.53. The van der Waals surface area contributed by atoms with Gasteiger partial charge in [0.15, 0.2) is 0 Å². The lowest BCUT2D eigenvalue weighted by Gasteiger charge is -2.44. The van der Waals surface area contributed by atoms with E-state index in [9.17, 15) is 18.8 Å². The van der Waals surface area contributed by atoms with Gasteiger partial charge >= 0.3 is 0 Å². The molecular formula is C28H32FN3O6. The minimum absolute atomic E-state index is 0.0292. The zero-order chi connectivity index (χ0) is 26.7. The second-order valence-corrected chi connectivity index (χ2v) is 9.86. The van der Waals surface area contributed by atoms with Crippen molar-refractivity contribution >= 4 is 17.7 Å². The highest BCUT2D eigenvalue weighted by Crippen LogP contribution is 2.39. The maximum atomic E-state index is 13.9. The van der Waals surface area contributed by atoms with Crippen molar-refractivity contribution in [3.05, 3.63) is 65.5 Å². The molecule has 2 atom stereocenters. The van der Waals surface area contributed by atoms with Crippen LogP contribution in [0.5, 0.6) is 5.75 Å². The van der Waals surface area contributed by atoms with Crippen molar-refractivity contribution in [3.63, 3.8) is 0 Å². The van der Waals surface area contributed by atoms with Crippen LogP contribution in [-0.2, 0) is 14.3 Å². The first-order valence-electron chi connectivity index (χ1n) is 13.0. The predicted octanol–water partition coefficient (Wildman–Crippen LogP) is 2.60. The molecule has 3 aliphatic heterocycles. The van der Waals surface area contributed by atoms with Gasteiger partial charge in [-0.25, -0.2) is 4.39 Å². The highest BCUT2D eigenvalue weighted by Gasteiger charge is 2.54. The van der Waals surface area contributed by atoms with Gasteiger partial charge < -0.3 is 24.4 Å². The SMILES string of the molecule is COc1cccc(C(=O)N2[C@@H](C(=O)NC[C@@H]3CCCO3)COC23CCN(C(=O)c2ccc(F)cc2)CC3)c1. The molecular weight excluding hydrogens is 493 g/mol. The molecule has 2 aromatic rings. The average Bonchev–Trinajstić information content (AvgIpc) is 3.60. The standard InChI is InChI=1S/C28H32FN3O6/c1-36-22-5-2-4-20(16-22)27(35)32-24(25(33)30-17-23-6-3-15-37-23)18-38-28(32)11-13-31(14-12-28)26(34)19-7-9-21(29)10-8-19/h2,4-5,7-10,16,23-24H,3,6,11-15,17-18H2,1H3,(H,30,33)/t23-,24+/m0/s1. The molecule has 0 bridgehead atoms. The number of likely N-dealkylation sites (tertiary alicyclic amines) is 1. The molecule has 1 spiro atoms. The van der Waals surface area contributed by atoms with E-state index in [2.05, 4.69) is 5.32 Å². The molecule has 0 radical (unpaired) electrons. The van der Waals surface area contributed by atoms with Crippen LogP contribution < -0.4 is 10.1 Å². The van der Waals surface area contributed by atoms with Crippen LogP contribution in [0.25, 0.3) is 0 Å². The summed E-state index contributed by atoms with van der Waals surface area (Å²) in [6, 6.07) is 11.4. The molecule has 3 amide bonds. The fraction of sp³-hybridized carbons (Fsp3) is 0.464. The Hall–Kier alpha value is -3.50. The Bertz CT molecular complexity index is 1180. The zero-order valence-electron chi connectivity index (χ0n) is 21.4. The van der Waals surface area contributed by atoms with E-state index >= 15 is 0 Å². The highest BCUT2D eigenvalue weighted by molar-refractivity contribution is 5.99. The fourth-order valence-electron chi connectivity index (χ4n) is 5.43. The van der Waals surface area contributed by atoms with Gasteiger partial charge in [0.25, 0.3) is 11.8 Å². The third-order valence-electron chi connectivity index (χ3n) is 7.55. The van der Waals surface area contributed by atoms with E-state index in [0.717, 1.165) is 12.8 Å². The van der Waals surface area contributed by atoms with E-state index in [1.807, 2.05) is 0 Å². The topological polar surface area (TPSA) is 97.4 Å². The minimum atomic E-state index is -1.04. The number of methoxy groups -OCH3 is 1. The molecule has 10 heteroatoms. The van der Waals surface area contributed by atoms with E-state index < -0.39 is 17.6 Å². The zero-order valence-corrected chi connectivity index (χ0v) is 21.4. The molecule has 0 saturated carbocycles. The number of carbonyl (C=O) groups excluding carboxylic acids is 3. The first-order chi connectivity index (χ1) is 18.4. The highest BCUT2D eigenvalue weighted by atomic mass is 19.1. The third kappa shape index (κ3) is 5.23. The molecule has 2 aromatic carbocycles. The van der Waals surface area contributed by atoms with Gasteiger partial charge in [-0.15, -0.1) is 0 Å². The first kappa shape index (κ1) is 26.1. The van der Waals surface area contributed by atoms with E-state index in [0.29, 0.717) is 56.0 Å². The molecule has 1 N–H and O–H groups in total. The lowest BCUT2D eigenvalue weighted by atomic mass is 9.96. The van der Waals surface area contributed by atoms with E-state index in [1.165, 1.54) is 31.4 Å². The molecule has 0 aromatic heterocycles. The molecule has 3 aliphatic rings. The van der Waals surface area contributed by atoms with Gasteiger partial charge in [0.05, 0.1) is 19.8 Å². The van der Waals surface area contributed by atoms with Crippen LogP contribution in [0.1, 0.15) is 46.4 Å². The second-order valence-electron chi connectivity index (χ2n) is 9.86. The Morgan fingerprint density at radius 2 is 1.84 bits per heavy atom. The summed E-state index contributed by atoms with van der Waals surface area (Å²) in [6.45, 7) is 1.76. The van der Waals surface area contributed by atoms with Crippen LogP contribution in [0.3, 0.4) is 0 Å². The van der Waals surface area contributed by atoms with Crippen LogP contribution >= 0.6 is 0 Å². The van der Waals surface area contributed by atoms with Crippen molar-refractivity contribution in [2.24, 2.45) is 0 Å². The van der Waals surface area contributed by atoms with Crippen LogP contribution in [0.4, 0.5) is 4.39 Å². The summed E-state index contributed by atoms with van der Waals surface area (Å²) in [5.74, 6) is -0.720. The van der Waals surface area contributed by atoms with Crippen molar-refractivity contribution in [1.82, 2.24) is 15.1 Å². The first-order valence-corrected chi connectivity index (χ1v) is 13.0. The molecule has 202 valence electrons. The van der Waals surface area contributed by atoms with Gasteiger partial charge in [0.2, 0.25) is 5.91 Å². The molecule has 3 heterocycles. The number of nitrogens with zero attached hydrogens (tertiary/aromatic N) is 2. The lowest BCUT2D eigenvalue weighted by molar-refractivity contribution is -0.128. The number of rotatable bonds is 6. The molecule has 9 nitrogen and oxygen atoms in total. The van der Waals surface area contributed by atoms with Gasteiger partial charge in [0.1, 0.15) is 23.3 Å². The van der Waals surface area contributed by atoms with Crippen LogP contribution in [0.15, 0.2) is 48.5 Å². The van der Waals surface area contributed by atoms with Crippen LogP contribution in [0, 0.1) is 5.82 Å². The number of carbonyl (C=O) groups is 3. The number of benzene rings is 2. The van der Waals surface area contributed by atoms with E-state index in [4.69, 9.17) is 14.2 Å². The number of piperidine rings is 1. The fourth-order valence-corrected chi connectivity index (χ4v) is 5.43. The number of nitrogens with one attached hydrogen (secondary N) is 1. The Balaban J connectivity index is 1.35. The Kier molecular flexibility index (Phi) is 7.62. The summed E-state index contributed by atoms with van der Waals surface area (Å²) in [6.07, 6.45) is 2.49. The Morgan fingerprint density at radius 1 is 1.08 bits per heavy atom. The molecule has 38 heavy (non-hydrogen) atoms. The number of amides is 3. The van der Waals surface area contributed by atoms with Gasteiger partial charge in [-0.05, 0) is 55.3 Å². The molecule has 5 rings (SSSR count). The number of ether oxygens (including phenoxy) is 3. The average molecular weight is 526 g/mol.